The predicted octanol–water partition coefficient (Wildman–Crippen LogP) is 1.97. The first-order valence-electron chi connectivity index (χ1n) is 5.12. The van der Waals surface area contributed by atoms with E-state index in [9.17, 15) is 0 Å². The average Bonchev–Trinajstić information content (AvgIpc) is 2.90. The number of nitrogens with one attached hydrogen (secondary N) is 2. The molecule has 88 valence electrons. The highest BCUT2D eigenvalue weighted by atomic mass is 35.5. The second-order valence-corrected chi connectivity index (χ2v) is 5.47. The number of aromatic nitrogens is 2. The summed E-state index contributed by atoms with van der Waals surface area (Å²) in [6.45, 7) is 0.854. The van der Waals surface area contributed by atoms with E-state index in [2.05, 4.69) is 10.4 Å². The van der Waals surface area contributed by atoms with Gasteiger partial charge in [0.05, 0.1) is 9.21 Å². The highest BCUT2D eigenvalue weighted by Gasteiger charge is 2.24. The number of thiophene rings is 1. The molecule has 1 aliphatic heterocycles. The molecular formula is C10H10ClN5S. The fourth-order valence-electron chi connectivity index (χ4n) is 1.99. The maximum atomic E-state index is 7.50. The molecule has 3 heterocycles. The van der Waals surface area contributed by atoms with Gasteiger partial charge in [-0.1, -0.05) is 11.6 Å². The van der Waals surface area contributed by atoms with Gasteiger partial charge in [0.2, 0.25) is 5.96 Å². The summed E-state index contributed by atoms with van der Waals surface area (Å²) in [4.78, 5) is 1.01. The van der Waals surface area contributed by atoms with Crippen molar-refractivity contribution in [1.82, 2.24) is 9.78 Å². The molecule has 0 saturated carbocycles. The predicted molar refractivity (Wildman–Crippen MR) is 70.1 cm³/mol. The molecule has 0 fully saturated rings. The molecule has 2 aromatic heterocycles. The van der Waals surface area contributed by atoms with Crippen LogP contribution in [0, 0.1) is 5.41 Å². The minimum Gasteiger partial charge on any atom is -0.369 e. The van der Waals surface area contributed by atoms with E-state index >= 15 is 0 Å². The van der Waals surface area contributed by atoms with Crippen LogP contribution in [0.25, 0.3) is 10.6 Å². The molecule has 2 aromatic rings. The molecule has 7 heteroatoms. The van der Waals surface area contributed by atoms with E-state index < -0.39 is 0 Å². The standard InChI is InChI=1S/C10H10ClN5S/c11-7-2-1-6(17-7)8-5-3-4-14-9(5)16(15-8)10(12)13/h1-2,14H,3-4H2,(H3,12,13). The van der Waals surface area contributed by atoms with Crippen molar-refractivity contribution in [3.8, 4) is 10.6 Å². The van der Waals surface area contributed by atoms with Gasteiger partial charge in [0.15, 0.2) is 0 Å². The van der Waals surface area contributed by atoms with E-state index in [0.717, 1.165) is 39.3 Å². The maximum absolute atomic E-state index is 7.50. The minimum atomic E-state index is -0.0791. The topological polar surface area (TPSA) is 79.7 Å². The molecule has 0 spiro atoms. The van der Waals surface area contributed by atoms with Gasteiger partial charge in [-0.15, -0.1) is 11.3 Å². The molecule has 0 amide bonds. The highest BCUT2D eigenvalue weighted by Crippen LogP contribution is 2.37. The summed E-state index contributed by atoms with van der Waals surface area (Å²) >= 11 is 7.41. The van der Waals surface area contributed by atoms with Crippen molar-refractivity contribution in [3.63, 3.8) is 0 Å². The fourth-order valence-corrected chi connectivity index (χ4v) is 3.04. The lowest BCUT2D eigenvalue weighted by atomic mass is 10.2. The van der Waals surface area contributed by atoms with Crippen LogP contribution in [0.5, 0.6) is 0 Å². The molecule has 0 atom stereocenters. The van der Waals surface area contributed by atoms with Gasteiger partial charge in [0.1, 0.15) is 11.5 Å². The van der Waals surface area contributed by atoms with Gasteiger partial charge in [-0.2, -0.15) is 9.78 Å². The van der Waals surface area contributed by atoms with Crippen molar-refractivity contribution >= 4 is 34.7 Å². The van der Waals surface area contributed by atoms with Crippen LogP contribution in [0.15, 0.2) is 12.1 Å². The van der Waals surface area contributed by atoms with E-state index in [0.29, 0.717) is 0 Å². The van der Waals surface area contributed by atoms with E-state index in [1.165, 1.54) is 16.0 Å². The van der Waals surface area contributed by atoms with Crippen molar-refractivity contribution in [3.05, 3.63) is 22.0 Å². The van der Waals surface area contributed by atoms with E-state index in [-0.39, 0.29) is 5.96 Å². The normalized spacial score (nSPS) is 13.5. The van der Waals surface area contributed by atoms with Crippen molar-refractivity contribution in [2.75, 3.05) is 11.9 Å². The van der Waals surface area contributed by atoms with Crippen LogP contribution in [-0.4, -0.2) is 22.3 Å². The monoisotopic (exact) mass is 267 g/mol. The van der Waals surface area contributed by atoms with Crippen LogP contribution in [0.2, 0.25) is 4.34 Å². The van der Waals surface area contributed by atoms with Gasteiger partial charge in [-0.3, -0.25) is 5.41 Å². The largest absolute Gasteiger partial charge is 0.369 e. The summed E-state index contributed by atoms with van der Waals surface area (Å²) in [5.74, 6) is 0.751. The zero-order valence-electron chi connectivity index (χ0n) is 8.83. The smallest absolute Gasteiger partial charge is 0.215 e. The first kappa shape index (κ1) is 10.6. The van der Waals surface area contributed by atoms with Gasteiger partial charge < -0.3 is 11.1 Å². The van der Waals surface area contributed by atoms with Crippen LogP contribution < -0.4 is 11.1 Å². The summed E-state index contributed by atoms with van der Waals surface area (Å²) in [6, 6.07) is 3.79. The summed E-state index contributed by atoms with van der Waals surface area (Å²) in [5, 5.41) is 15.1. The number of rotatable bonds is 1. The molecule has 0 saturated heterocycles. The quantitative estimate of drug-likeness (QED) is 0.546. The zero-order chi connectivity index (χ0) is 12.0. The molecule has 0 bridgehead atoms. The Morgan fingerprint density at radius 3 is 3.06 bits per heavy atom. The number of hydrogen-bond donors (Lipinski definition) is 3. The second-order valence-electron chi connectivity index (χ2n) is 3.75. The van der Waals surface area contributed by atoms with Crippen LogP contribution >= 0.6 is 22.9 Å². The molecule has 0 aliphatic carbocycles. The summed E-state index contributed by atoms with van der Waals surface area (Å²) in [7, 11) is 0. The lowest BCUT2D eigenvalue weighted by Crippen LogP contribution is -2.23. The van der Waals surface area contributed by atoms with Crippen LogP contribution in [-0.2, 0) is 6.42 Å². The molecule has 0 aromatic carbocycles. The number of anilines is 1. The van der Waals surface area contributed by atoms with E-state index in [1.807, 2.05) is 12.1 Å². The molecule has 0 unspecified atom stereocenters. The summed E-state index contributed by atoms with van der Waals surface area (Å²) < 4.78 is 2.17. The number of hydrogen-bond acceptors (Lipinski definition) is 4. The SMILES string of the molecule is N=C(N)n1nc(-c2ccc(Cl)s2)c2c1NCC2. The Kier molecular flexibility index (Phi) is 2.34. The lowest BCUT2D eigenvalue weighted by molar-refractivity contribution is 0.912. The molecular weight excluding hydrogens is 258 g/mol. The highest BCUT2D eigenvalue weighted by molar-refractivity contribution is 7.19. The Hall–Kier alpha value is -1.53. The Bertz CT molecular complexity index is 600. The first-order valence-corrected chi connectivity index (χ1v) is 6.32. The number of nitrogen functional groups attached to an aromatic ring is 1. The molecule has 0 radical (unpaired) electrons. The number of fused-ring (bicyclic) bond motifs is 1. The van der Waals surface area contributed by atoms with Gasteiger partial charge >= 0.3 is 0 Å². The molecule has 4 N–H and O–H groups in total. The number of nitrogens with two attached hydrogens (primary N) is 1. The van der Waals surface area contributed by atoms with Crippen molar-refractivity contribution in [2.24, 2.45) is 5.73 Å². The lowest BCUT2D eigenvalue weighted by Gasteiger charge is -2.01. The van der Waals surface area contributed by atoms with Gasteiger partial charge in [0.25, 0.3) is 0 Å². The van der Waals surface area contributed by atoms with Crippen molar-refractivity contribution in [1.29, 1.82) is 5.41 Å². The minimum absolute atomic E-state index is 0.0791. The average molecular weight is 268 g/mol. The number of nitrogens with zero attached hydrogens (tertiary/aromatic N) is 2. The van der Waals surface area contributed by atoms with E-state index in [4.69, 9.17) is 22.7 Å². The Morgan fingerprint density at radius 2 is 2.41 bits per heavy atom. The third-order valence-electron chi connectivity index (χ3n) is 2.69. The fraction of sp³-hybridized carbons (Fsp3) is 0.200. The van der Waals surface area contributed by atoms with Crippen molar-refractivity contribution < 1.29 is 0 Å². The molecule has 5 nitrogen and oxygen atoms in total. The summed E-state index contributed by atoms with van der Waals surface area (Å²) in [6.07, 6.45) is 0.896. The Balaban J connectivity index is 2.18. The van der Waals surface area contributed by atoms with Gasteiger partial charge in [0, 0.05) is 12.1 Å². The molecule has 1 aliphatic rings. The van der Waals surface area contributed by atoms with Crippen LogP contribution in [0.4, 0.5) is 5.82 Å². The van der Waals surface area contributed by atoms with Crippen LogP contribution in [0.3, 0.4) is 0 Å². The molecule has 3 rings (SSSR count). The van der Waals surface area contributed by atoms with Gasteiger partial charge in [-0.05, 0) is 18.6 Å². The summed E-state index contributed by atoms with van der Waals surface area (Å²) in [5.41, 5.74) is 7.49. The van der Waals surface area contributed by atoms with E-state index in [1.54, 1.807) is 0 Å². The maximum Gasteiger partial charge on any atom is 0.215 e. The zero-order valence-corrected chi connectivity index (χ0v) is 10.4. The van der Waals surface area contributed by atoms with Gasteiger partial charge in [-0.25, -0.2) is 0 Å². The number of halogens is 1. The van der Waals surface area contributed by atoms with Crippen LogP contribution in [0.1, 0.15) is 5.56 Å². The third kappa shape index (κ3) is 1.60. The Labute approximate surface area is 107 Å². The second kappa shape index (κ2) is 3.75. The molecule has 17 heavy (non-hydrogen) atoms. The van der Waals surface area contributed by atoms with Crippen molar-refractivity contribution in [2.45, 2.75) is 6.42 Å². The Morgan fingerprint density at radius 1 is 1.59 bits per heavy atom. The third-order valence-corrected chi connectivity index (χ3v) is 3.92. The first-order chi connectivity index (χ1) is 8.16.